The number of aryl methyl sites for hydroxylation is 1. The molecule has 2 aromatic carbocycles. The van der Waals surface area contributed by atoms with Gasteiger partial charge in [-0.25, -0.2) is 8.42 Å². The molecule has 3 atom stereocenters. The van der Waals surface area contributed by atoms with Crippen molar-refractivity contribution in [3.63, 3.8) is 0 Å². The second-order valence-electron chi connectivity index (χ2n) is 9.26. The van der Waals surface area contributed by atoms with Crippen molar-refractivity contribution >= 4 is 27.5 Å². The molecule has 0 spiro atoms. The minimum Gasteiger partial charge on any atom is -0.479 e. The summed E-state index contributed by atoms with van der Waals surface area (Å²) in [5.74, 6) is -0.378. The Morgan fingerprint density at radius 2 is 1.97 bits per heavy atom. The Kier molecular flexibility index (Phi) is 6.07. The minimum absolute atomic E-state index is 0.0314. The van der Waals surface area contributed by atoms with Crippen molar-refractivity contribution in [1.82, 2.24) is 9.62 Å². The van der Waals surface area contributed by atoms with Crippen LogP contribution < -0.4 is 15.4 Å². The number of hydrogen-bond donors (Lipinski definition) is 2. The first-order valence-corrected chi connectivity index (χ1v) is 13.3. The van der Waals surface area contributed by atoms with Gasteiger partial charge in [0.15, 0.2) is 6.10 Å². The molecule has 180 valence electrons. The maximum atomic E-state index is 13.4. The number of nitrogens with one attached hydrogen (secondary N) is 2. The van der Waals surface area contributed by atoms with E-state index in [4.69, 9.17) is 4.74 Å². The average molecular weight is 484 g/mol. The Morgan fingerprint density at radius 1 is 1.15 bits per heavy atom. The molecule has 0 unspecified atom stereocenters. The summed E-state index contributed by atoms with van der Waals surface area (Å²) >= 11 is 0. The number of fused-ring (bicyclic) bond motifs is 2. The molecule has 2 heterocycles. The molecule has 2 aromatic rings. The van der Waals surface area contributed by atoms with Crippen LogP contribution >= 0.6 is 0 Å². The van der Waals surface area contributed by atoms with Crippen molar-refractivity contribution in [3.05, 3.63) is 53.6 Å². The molecule has 9 heteroatoms. The van der Waals surface area contributed by atoms with Gasteiger partial charge >= 0.3 is 0 Å². The second-order valence-corrected chi connectivity index (χ2v) is 11.2. The van der Waals surface area contributed by atoms with E-state index in [1.54, 1.807) is 13.0 Å². The standard InChI is InChI=1S/C25H29N3O5S/c1-16-24(29)27-22-14-19(11-12-23(22)33-16)34(31,32)28-13-5-8-18(15-28)25(30)26-21-10-4-7-17-6-2-3-9-20(17)21/h2-3,6,9,11-12,14,16,18,21H,4-5,7-8,10,13,15H2,1H3,(H,26,30)(H,27,29)/t16-,18-,21-/m0/s1. The van der Waals surface area contributed by atoms with Crippen LogP contribution in [0.5, 0.6) is 5.75 Å². The summed E-state index contributed by atoms with van der Waals surface area (Å²) in [6, 6.07) is 12.6. The topological polar surface area (TPSA) is 105 Å². The number of carbonyl (C=O) groups is 2. The van der Waals surface area contributed by atoms with Gasteiger partial charge in [-0.2, -0.15) is 4.31 Å². The number of hydrogen-bond acceptors (Lipinski definition) is 5. The number of sulfonamides is 1. The van der Waals surface area contributed by atoms with Crippen molar-refractivity contribution in [2.45, 2.75) is 56.1 Å². The van der Waals surface area contributed by atoms with Gasteiger partial charge in [0.25, 0.3) is 5.91 Å². The zero-order chi connectivity index (χ0) is 23.9. The third kappa shape index (κ3) is 4.30. The highest BCUT2D eigenvalue weighted by Gasteiger charge is 2.35. The second kappa shape index (κ2) is 9.03. The largest absolute Gasteiger partial charge is 0.479 e. The Bertz CT molecular complexity index is 1230. The van der Waals surface area contributed by atoms with E-state index in [2.05, 4.69) is 22.8 Å². The molecule has 2 N–H and O–H groups in total. The molecule has 1 saturated heterocycles. The van der Waals surface area contributed by atoms with E-state index in [0.29, 0.717) is 30.8 Å². The fraction of sp³-hybridized carbons (Fsp3) is 0.440. The molecule has 0 aromatic heterocycles. The fourth-order valence-electron chi connectivity index (χ4n) is 5.07. The summed E-state index contributed by atoms with van der Waals surface area (Å²) in [7, 11) is -3.83. The molecule has 5 rings (SSSR count). The van der Waals surface area contributed by atoms with Gasteiger partial charge in [0.2, 0.25) is 15.9 Å². The predicted octanol–water partition coefficient (Wildman–Crippen LogP) is 3.00. The van der Waals surface area contributed by atoms with E-state index in [9.17, 15) is 18.0 Å². The maximum absolute atomic E-state index is 13.4. The summed E-state index contributed by atoms with van der Waals surface area (Å²) in [5, 5.41) is 5.88. The van der Waals surface area contributed by atoms with Gasteiger partial charge < -0.3 is 15.4 Å². The number of nitrogens with zero attached hydrogens (tertiary/aromatic N) is 1. The first kappa shape index (κ1) is 22.9. The fourth-order valence-corrected chi connectivity index (χ4v) is 6.62. The number of carbonyl (C=O) groups excluding carboxylic acids is 2. The molecule has 2 amide bonds. The van der Waals surface area contributed by atoms with Crippen molar-refractivity contribution in [1.29, 1.82) is 0 Å². The van der Waals surface area contributed by atoms with Crippen LogP contribution in [0.1, 0.15) is 49.8 Å². The Balaban J connectivity index is 1.30. The molecule has 8 nitrogen and oxygen atoms in total. The molecule has 1 fully saturated rings. The number of piperidine rings is 1. The molecular weight excluding hydrogens is 454 g/mol. The van der Waals surface area contributed by atoms with Crippen LogP contribution in [0.2, 0.25) is 0 Å². The lowest BCUT2D eigenvalue weighted by Crippen LogP contribution is -2.46. The molecule has 34 heavy (non-hydrogen) atoms. The quantitative estimate of drug-likeness (QED) is 0.696. The third-order valence-electron chi connectivity index (χ3n) is 6.96. The van der Waals surface area contributed by atoms with Crippen LogP contribution in [-0.2, 0) is 26.0 Å². The lowest BCUT2D eigenvalue weighted by Gasteiger charge is -2.33. The highest BCUT2D eigenvalue weighted by atomic mass is 32.2. The van der Waals surface area contributed by atoms with Crippen molar-refractivity contribution < 1.29 is 22.7 Å². The monoisotopic (exact) mass is 483 g/mol. The summed E-state index contributed by atoms with van der Waals surface area (Å²) < 4.78 is 33.7. The smallest absolute Gasteiger partial charge is 0.265 e. The van der Waals surface area contributed by atoms with E-state index >= 15 is 0 Å². The lowest BCUT2D eigenvalue weighted by atomic mass is 9.87. The van der Waals surface area contributed by atoms with Gasteiger partial charge in [0.1, 0.15) is 5.75 Å². The van der Waals surface area contributed by atoms with Gasteiger partial charge in [-0.05, 0) is 68.4 Å². The Labute approximate surface area is 199 Å². The van der Waals surface area contributed by atoms with Crippen LogP contribution in [0.25, 0.3) is 0 Å². The average Bonchev–Trinajstić information content (AvgIpc) is 2.85. The zero-order valence-electron chi connectivity index (χ0n) is 19.1. The van der Waals surface area contributed by atoms with Crippen LogP contribution in [0.3, 0.4) is 0 Å². The first-order valence-electron chi connectivity index (χ1n) is 11.8. The van der Waals surface area contributed by atoms with E-state index in [0.717, 1.165) is 24.8 Å². The molecule has 0 radical (unpaired) electrons. The summed E-state index contributed by atoms with van der Waals surface area (Å²) in [6.45, 7) is 2.13. The van der Waals surface area contributed by atoms with Gasteiger partial charge in [0.05, 0.1) is 22.5 Å². The van der Waals surface area contributed by atoms with Gasteiger partial charge in [-0.3, -0.25) is 9.59 Å². The third-order valence-corrected chi connectivity index (χ3v) is 8.82. The Hall–Kier alpha value is -2.91. The van der Waals surface area contributed by atoms with Gasteiger partial charge in [-0.1, -0.05) is 24.3 Å². The summed E-state index contributed by atoms with van der Waals surface area (Å²) in [5.41, 5.74) is 2.77. The summed E-state index contributed by atoms with van der Waals surface area (Å²) in [4.78, 5) is 25.2. The summed E-state index contributed by atoms with van der Waals surface area (Å²) in [6.07, 6.45) is 3.55. The van der Waals surface area contributed by atoms with Crippen molar-refractivity contribution in [2.75, 3.05) is 18.4 Å². The number of anilines is 1. The van der Waals surface area contributed by atoms with E-state index in [1.165, 1.54) is 22.0 Å². The van der Waals surface area contributed by atoms with Gasteiger partial charge in [-0.15, -0.1) is 0 Å². The molecule has 3 aliphatic rings. The van der Waals surface area contributed by atoms with Crippen LogP contribution in [0, 0.1) is 5.92 Å². The maximum Gasteiger partial charge on any atom is 0.265 e. The number of rotatable bonds is 4. The molecule has 2 aliphatic heterocycles. The van der Waals surface area contributed by atoms with Crippen LogP contribution in [0.15, 0.2) is 47.4 Å². The molecular formula is C25H29N3O5S. The zero-order valence-corrected chi connectivity index (χ0v) is 19.9. The van der Waals surface area contributed by atoms with E-state index in [-0.39, 0.29) is 29.3 Å². The highest BCUT2D eigenvalue weighted by molar-refractivity contribution is 7.89. The Morgan fingerprint density at radius 3 is 2.82 bits per heavy atom. The number of benzene rings is 2. The molecule has 1 aliphatic carbocycles. The lowest BCUT2D eigenvalue weighted by molar-refractivity contribution is -0.127. The van der Waals surface area contributed by atoms with Crippen LogP contribution in [-0.4, -0.2) is 43.7 Å². The molecule has 0 saturated carbocycles. The first-order chi connectivity index (χ1) is 16.3. The van der Waals surface area contributed by atoms with E-state index in [1.807, 2.05) is 12.1 Å². The van der Waals surface area contributed by atoms with Crippen molar-refractivity contribution in [3.8, 4) is 5.75 Å². The minimum atomic E-state index is -3.83. The van der Waals surface area contributed by atoms with E-state index < -0.39 is 22.0 Å². The van der Waals surface area contributed by atoms with Gasteiger partial charge in [0, 0.05) is 13.1 Å². The predicted molar refractivity (Wildman–Crippen MR) is 127 cm³/mol. The molecule has 0 bridgehead atoms. The van der Waals surface area contributed by atoms with Crippen molar-refractivity contribution in [2.24, 2.45) is 5.92 Å². The number of amides is 2. The van der Waals surface area contributed by atoms with Crippen LogP contribution in [0.4, 0.5) is 5.69 Å². The highest BCUT2D eigenvalue weighted by Crippen LogP contribution is 2.34. The SMILES string of the molecule is C[C@@H]1Oc2ccc(S(=O)(=O)N3CCC[C@H](C(=O)N[C@H]4CCCc5ccccc54)C3)cc2NC1=O. The number of ether oxygens (including phenoxy) is 1. The normalized spacial score (nSPS) is 24.9.